The zero-order valence-electron chi connectivity index (χ0n) is 13.6. The zero-order valence-corrected chi connectivity index (χ0v) is 13.6. The Morgan fingerprint density at radius 2 is 2.29 bits per heavy atom. The molecule has 2 aromatic heterocycles. The van der Waals surface area contributed by atoms with E-state index in [2.05, 4.69) is 15.5 Å². The molecule has 0 unspecified atom stereocenters. The number of hydrogen-bond acceptors (Lipinski definition) is 5. The predicted octanol–water partition coefficient (Wildman–Crippen LogP) is 1.61. The van der Waals surface area contributed by atoms with Crippen LogP contribution in [-0.2, 0) is 16.1 Å². The molecule has 7 heteroatoms. The summed E-state index contributed by atoms with van der Waals surface area (Å²) in [7, 11) is 0. The van der Waals surface area contributed by atoms with Gasteiger partial charge in [0.1, 0.15) is 5.69 Å². The van der Waals surface area contributed by atoms with Gasteiger partial charge in [-0.1, -0.05) is 11.2 Å². The van der Waals surface area contributed by atoms with Crippen LogP contribution < -0.4 is 5.32 Å². The summed E-state index contributed by atoms with van der Waals surface area (Å²) in [5.41, 5.74) is 1.36. The Morgan fingerprint density at radius 3 is 3.04 bits per heavy atom. The first-order valence-electron chi connectivity index (χ1n) is 8.10. The van der Waals surface area contributed by atoms with Crippen LogP contribution in [0.5, 0.6) is 0 Å². The maximum absolute atomic E-state index is 12.3. The van der Waals surface area contributed by atoms with Gasteiger partial charge in [-0.05, 0) is 25.5 Å². The van der Waals surface area contributed by atoms with E-state index in [1.54, 1.807) is 17.2 Å². The highest BCUT2D eigenvalue weighted by atomic mass is 16.5. The second kappa shape index (κ2) is 7.25. The maximum Gasteiger partial charge on any atom is 0.225 e. The molecule has 126 valence electrons. The Morgan fingerprint density at radius 1 is 1.42 bits per heavy atom. The molecule has 1 fully saturated rings. The van der Waals surface area contributed by atoms with E-state index in [0.717, 1.165) is 5.69 Å². The number of hydrogen-bond donors (Lipinski definition) is 1. The van der Waals surface area contributed by atoms with Crippen molar-refractivity contribution in [3.05, 3.63) is 36.2 Å². The van der Waals surface area contributed by atoms with E-state index in [1.807, 2.05) is 25.1 Å². The zero-order chi connectivity index (χ0) is 16.9. The fourth-order valence-electron chi connectivity index (χ4n) is 2.78. The van der Waals surface area contributed by atoms with E-state index in [0.29, 0.717) is 37.4 Å². The number of nitrogens with zero attached hydrogens (tertiary/aromatic N) is 3. The number of carbonyl (C=O) groups excluding carboxylic acids is 2. The van der Waals surface area contributed by atoms with Crippen molar-refractivity contribution in [2.75, 3.05) is 13.1 Å². The van der Waals surface area contributed by atoms with Gasteiger partial charge in [0.25, 0.3) is 0 Å². The van der Waals surface area contributed by atoms with Crippen LogP contribution in [0.4, 0.5) is 0 Å². The van der Waals surface area contributed by atoms with Crippen molar-refractivity contribution in [1.82, 2.24) is 20.4 Å². The lowest BCUT2D eigenvalue weighted by Crippen LogP contribution is -2.45. The third-order valence-electron chi connectivity index (χ3n) is 4.18. The van der Waals surface area contributed by atoms with E-state index in [4.69, 9.17) is 4.52 Å². The smallest absolute Gasteiger partial charge is 0.225 e. The molecule has 1 saturated heterocycles. The van der Waals surface area contributed by atoms with Crippen LogP contribution in [0.2, 0.25) is 0 Å². The molecule has 1 aliphatic heterocycles. The number of rotatable bonds is 5. The molecule has 0 aliphatic carbocycles. The lowest BCUT2D eigenvalue weighted by atomic mass is 9.96. The second-order valence-electron chi connectivity index (χ2n) is 5.78. The van der Waals surface area contributed by atoms with Gasteiger partial charge < -0.3 is 14.7 Å². The van der Waals surface area contributed by atoms with E-state index in [9.17, 15) is 9.59 Å². The van der Waals surface area contributed by atoms with Crippen molar-refractivity contribution < 1.29 is 14.1 Å². The summed E-state index contributed by atoms with van der Waals surface area (Å²) in [4.78, 5) is 29.9. The van der Waals surface area contributed by atoms with Gasteiger partial charge in [0, 0.05) is 31.8 Å². The van der Waals surface area contributed by atoms with Crippen LogP contribution in [-0.4, -0.2) is 39.9 Å². The first-order chi connectivity index (χ1) is 11.7. The van der Waals surface area contributed by atoms with Crippen LogP contribution in [0.15, 0.2) is 35.0 Å². The SMILES string of the molecule is CCN1C[C@@H](C(=O)NCc2cc(-c3ccccn3)no2)CCC1=O. The number of nitrogens with one attached hydrogen (secondary N) is 1. The molecule has 0 bridgehead atoms. The van der Waals surface area contributed by atoms with Gasteiger partial charge in [-0.2, -0.15) is 0 Å². The van der Waals surface area contributed by atoms with Crippen molar-refractivity contribution in [3.63, 3.8) is 0 Å². The molecule has 1 N–H and O–H groups in total. The minimum Gasteiger partial charge on any atom is -0.359 e. The van der Waals surface area contributed by atoms with Crippen LogP contribution in [0.1, 0.15) is 25.5 Å². The van der Waals surface area contributed by atoms with Crippen molar-refractivity contribution in [2.24, 2.45) is 5.92 Å². The fraction of sp³-hybridized carbons (Fsp3) is 0.412. The molecule has 0 spiro atoms. The number of carbonyl (C=O) groups is 2. The maximum atomic E-state index is 12.3. The average Bonchev–Trinajstić information content (AvgIpc) is 3.10. The van der Waals surface area contributed by atoms with Crippen LogP contribution in [0, 0.1) is 5.92 Å². The molecule has 24 heavy (non-hydrogen) atoms. The summed E-state index contributed by atoms with van der Waals surface area (Å²) >= 11 is 0. The van der Waals surface area contributed by atoms with Gasteiger partial charge in [0.2, 0.25) is 11.8 Å². The minimum atomic E-state index is -0.166. The Balaban J connectivity index is 1.55. The van der Waals surface area contributed by atoms with Crippen molar-refractivity contribution in [3.8, 4) is 11.4 Å². The molecule has 2 amide bonds. The fourth-order valence-corrected chi connectivity index (χ4v) is 2.78. The third-order valence-corrected chi connectivity index (χ3v) is 4.18. The normalized spacial score (nSPS) is 17.8. The summed E-state index contributed by atoms with van der Waals surface area (Å²) < 4.78 is 5.25. The number of aromatic nitrogens is 2. The standard InChI is InChI=1S/C17H20N4O3/c1-2-21-11-12(6-7-16(21)22)17(23)19-10-13-9-15(20-24-13)14-5-3-4-8-18-14/h3-5,8-9,12H,2,6-7,10-11H2,1H3,(H,19,23)/t12-/m0/s1. The van der Waals surface area contributed by atoms with Gasteiger partial charge >= 0.3 is 0 Å². The molecule has 7 nitrogen and oxygen atoms in total. The molecule has 0 aromatic carbocycles. The van der Waals surface area contributed by atoms with Crippen molar-refractivity contribution >= 4 is 11.8 Å². The first-order valence-corrected chi connectivity index (χ1v) is 8.10. The predicted molar refractivity (Wildman–Crippen MR) is 86.6 cm³/mol. The summed E-state index contributed by atoms with van der Waals surface area (Å²) in [5, 5.41) is 6.83. The highest BCUT2D eigenvalue weighted by molar-refractivity contribution is 5.83. The molecule has 0 radical (unpaired) electrons. The lowest BCUT2D eigenvalue weighted by Gasteiger charge is -2.30. The second-order valence-corrected chi connectivity index (χ2v) is 5.78. The number of pyridine rings is 1. The molecular weight excluding hydrogens is 308 g/mol. The van der Waals surface area contributed by atoms with Gasteiger partial charge in [0.05, 0.1) is 18.2 Å². The van der Waals surface area contributed by atoms with Gasteiger partial charge in [-0.25, -0.2) is 0 Å². The quantitative estimate of drug-likeness (QED) is 0.901. The monoisotopic (exact) mass is 328 g/mol. The van der Waals surface area contributed by atoms with Crippen LogP contribution in [0.3, 0.4) is 0 Å². The number of piperidine rings is 1. The number of likely N-dealkylation sites (tertiary alicyclic amines) is 1. The number of amides is 2. The van der Waals surface area contributed by atoms with E-state index in [-0.39, 0.29) is 24.3 Å². The molecule has 0 saturated carbocycles. The molecular formula is C17H20N4O3. The topological polar surface area (TPSA) is 88.3 Å². The highest BCUT2D eigenvalue weighted by Gasteiger charge is 2.29. The Hall–Kier alpha value is -2.70. The molecule has 3 heterocycles. The lowest BCUT2D eigenvalue weighted by molar-refractivity contribution is -0.138. The Bertz CT molecular complexity index is 714. The molecule has 3 rings (SSSR count). The summed E-state index contributed by atoms with van der Waals surface area (Å²) in [6, 6.07) is 7.32. The molecule has 1 atom stereocenters. The van der Waals surface area contributed by atoms with E-state index in [1.165, 1.54) is 0 Å². The summed E-state index contributed by atoms with van der Waals surface area (Å²) in [6.07, 6.45) is 2.71. The first kappa shape index (κ1) is 16.2. The van der Waals surface area contributed by atoms with Crippen molar-refractivity contribution in [2.45, 2.75) is 26.3 Å². The van der Waals surface area contributed by atoms with Crippen LogP contribution >= 0.6 is 0 Å². The third kappa shape index (κ3) is 3.61. The largest absolute Gasteiger partial charge is 0.359 e. The Kier molecular flexibility index (Phi) is 4.88. The summed E-state index contributed by atoms with van der Waals surface area (Å²) in [6.45, 7) is 3.32. The van der Waals surface area contributed by atoms with Gasteiger partial charge in [-0.3, -0.25) is 14.6 Å². The average molecular weight is 328 g/mol. The van der Waals surface area contributed by atoms with Gasteiger partial charge in [-0.15, -0.1) is 0 Å². The molecule has 1 aliphatic rings. The Labute approximate surface area is 140 Å². The summed E-state index contributed by atoms with van der Waals surface area (Å²) in [5.74, 6) is 0.470. The molecule has 2 aromatic rings. The van der Waals surface area contributed by atoms with E-state index >= 15 is 0 Å². The highest BCUT2D eigenvalue weighted by Crippen LogP contribution is 2.19. The van der Waals surface area contributed by atoms with Crippen molar-refractivity contribution in [1.29, 1.82) is 0 Å². The minimum absolute atomic E-state index is 0.0586. The van der Waals surface area contributed by atoms with Gasteiger partial charge in [0.15, 0.2) is 5.76 Å². The van der Waals surface area contributed by atoms with Crippen LogP contribution in [0.25, 0.3) is 11.4 Å². The van der Waals surface area contributed by atoms with E-state index < -0.39 is 0 Å².